The third-order valence-electron chi connectivity index (χ3n) is 8.85. The minimum atomic E-state index is -0.867. The number of amides is 2. The van der Waals surface area contributed by atoms with Gasteiger partial charge in [0.2, 0.25) is 5.91 Å². The Bertz CT molecular complexity index is 1140. The molecular weight excluding hydrogens is 548 g/mol. The minimum Gasteiger partial charge on any atom is -0.465 e. The first kappa shape index (κ1) is 30.7. The molecule has 0 radical (unpaired) electrons. The number of rotatable bonds is 13. The number of thioether (sulfide) groups is 1. The fourth-order valence-corrected chi connectivity index (χ4v) is 9.72. The quantitative estimate of drug-likeness (QED) is 0.194. The number of hydrogen-bond acceptors (Lipinski definition) is 6. The van der Waals surface area contributed by atoms with Gasteiger partial charge in [-0.2, -0.15) is 0 Å². The van der Waals surface area contributed by atoms with Gasteiger partial charge in [0, 0.05) is 11.8 Å². The zero-order valence-electron chi connectivity index (χ0n) is 23.7. The molecule has 218 valence electrons. The Morgan fingerprint density at radius 1 is 1.32 bits per heavy atom. The molecule has 0 aliphatic carbocycles. The molecule has 40 heavy (non-hydrogen) atoms. The number of fused-ring (bicyclic) bond motifs is 1. The first-order valence-electron chi connectivity index (χ1n) is 14.2. The van der Waals surface area contributed by atoms with Crippen LogP contribution >= 0.6 is 23.4 Å². The summed E-state index contributed by atoms with van der Waals surface area (Å²) in [6.45, 7) is 13.7. The summed E-state index contributed by atoms with van der Waals surface area (Å²) < 4.78 is 4.89. The Kier molecular flexibility index (Phi) is 9.74. The van der Waals surface area contributed by atoms with Crippen molar-refractivity contribution in [2.24, 2.45) is 17.8 Å². The zero-order valence-corrected chi connectivity index (χ0v) is 25.3. The number of anilines is 1. The Morgan fingerprint density at radius 3 is 2.70 bits per heavy atom. The van der Waals surface area contributed by atoms with Crippen molar-refractivity contribution in [3.05, 3.63) is 54.1 Å². The highest BCUT2D eigenvalue weighted by Gasteiger charge is 2.77. The average molecular weight is 589 g/mol. The molecule has 3 fully saturated rings. The second kappa shape index (κ2) is 12.7. The zero-order chi connectivity index (χ0) is 29.2. The number of hydrogen-bond donors (Lipinski definition) is 1. The van der Waals surface area contributed by atoms with Crippen molar-refractivity contribution in [1.29, 1.82) is 0 Å². The summed E-state index contributed by atoms with van der Waals surface area (Å²) in [5, 5.41) is 10.7. The third-order valence-corrected chi connectivity index (χ3v) is 11.2. The molecule has 3 aliphatic heterocycles. The van der Waals surface area contributed by atoms with Crippen LogP contribution < -0.4 is 4.90 Å². The number of halogens is 1. The van der Waals surface area contributed by atoms with E-state index >= 15 is 0 Å². The fraction of sp³-hybridized carbons (Fsp3) is 0.581. The molecule has 2 amide bonds. The monoisotopic (exact) mass is 588 g/mol. The van der Waals surface area contributed by atoms with Crippen LogP contribution in [-0.4, -0.2) is 69.6 Å². The van der Waals surface area contributed by atoms with Crippen LogP contribution in [0.25, 0.3) is 0 Å². The Morgan fingerprint density at radius 2 is 2.08 bits per heavy atom. The number of ether oxygens (including phenoxy) is 1. The van der Waals surface area contributed by atoms with E-state index in [0.717, 1.165) is 24.8 Å². The van der Waals surface area contributed by atoms with Gasteiger partial charge in [0.05, 0.1) is 46.5 Å². The van der Waals surface area contributed by atoms with E-state index in [1.807, 2.05) is 32.1 Å². The normalized spacial score (nSPS) is 29.3. The predicted molar refractivity (Wildman–Crippen MR) is 160 cm³/mol. The van der Waals surface area contributed by atoms with E-state index in [1.165, 1.54) is 0 Å². The third kappa shape index (κ3) is 5.01. The van der Waals surface area contributed by atoms with E-state index in [0.29, 0.717) is 30.2 Å². The van der Waals surface area contributed by atoms with E-state index in [4.69, 9.17) is 16.3 Å². The molecule has 2 bridgehead atoms. The van der Waals surface area contributed by atoms with Gasteiger partial charge < -0.3 is 19.6 Å². The smallest absolute Gasteiger partial charge is 0.310 e. The Labute approximate surface area is 246 Å². The van der Waals surface area contributed by atoms with Crippen LogP contribution in [0.2, 0.25) is 5.02 Å². The van der Waals surface area contributed by atoms with Gasteiger partial charge in [0.1, 0.15) is 6.04 Å². The molecule has 7 atom stereocenters. The van der Waals surface area contributed by atoms with Gasteiger partial charge in [-0.05, 0) is 56.6 Å². The van der Waals surface area contributed by atoms with Crippen LogP contribution in [0.3, 0.4) is 0 Å². The number of aryl methyl sites for hydroxylation is 1. The number of likely N-dealkylation sites (tertiary alicyclic amines) is 1. The molecular formula is C31H41ClN2O5S. The van der Waals surface area contributed by atoms with Gasteiger partial charge in [-0.3, -0.25) is 14.4 Å². The van der Waals surface area contributed by atoms with Crippen LogP contribution in [0, 0.1) is 24.7 Å². The Hall–Kier alpha value is -2.29. The molecule has 0 saturated carbocycles. The molecule has 1 spiro atoms. The molecule has 1 aromatic carbocycles. The molecule has 0 aromatic heterocycles. The average Bonchev–Trinajstić information content (AvgIpc) is 3.52. The number of benzene rings is 1. The standard InChI is InChI=1S/C31H41ClN2O5S/c1-6-9-10-11-16-39-30(38)24-23-17-20(5)31(40-23)25(24)28(36)34(21(8-3)18-35)27(31)29(37)33(15-7-2)26-19(4)13-12-14-22(26)32/h6-7,12-14,20-21,23-25,27,35H,1-2,8-11,15-18H2,3-5H3/t20?,21-,23+,24-,25-,27?,31?/m0/s1. The maximum atomic E-state index is 14.8. The van der Waals surface area contributed by atoms with E-state index in [-0.39, 0.29) is 42.1 Å². The van der Waals surface area contributed by atoms with Crippen LogP contribution in [0.15, 0.2) is 43.5 Å². The minimum absolute atomic E-state index is 0.00108. The molecule has 4 rings (SSSR count). The number of para-hydroxylation sites is 1. The van der Waals surface area contributed by atoms with Crippen molar-refractivity contribution < 1.29 is 24.2 Å². The van der Waals surface area contributed by atoms with Gasteiger partial charge in [0.15, 0.2) is 0 Å². The summed E-state index contributed by atoms with van der Waals surface area (Å²) in [5.74, 6) is -2.19. The maximum absolute atomic E-state index is 14.8. The van der Waals surface area contributed by atoms with Gasteiger partial charge in [0.25, 0.3) is 5.91 Å². The van der Waals surface area contributed by atoms with Crippen LogP contribution in [0.5, 0.6) is 0 Å². The highest BCUT2D eigenvalue weighted by molar-refractivity contribution is 8.02. The van der Waals surface area contributed by atoms with Crippen LogP contribution in [0.4, 0.5) is 5.69 Å². The summed E-state index contributed by atoms with van der Waals surface area (Å²) in [6, 6.07) is 4.05. The first-order chi connectivity index (χ1) is 19.2. The largest absolute Gasteiger partial charge is 0.465 e. The van der Waals surface area contributed by atoms with Gasteiger partial charge in [-0.15, -0.1) is 24.9 Å². The van der Waals surface area contributed by atoms with Crippen molar-refractivity contribution in [2.75, 3.05) is 24.7 Å². The van der Waals surface area contributed by atoms with E-state index < -0.39 is 28.7 Å². The summed E-state index contributed by atoms with van der Waals surface area (Å²) in [7, 11) is 0. The first-order valence-corrected chi connectivity index (χ1v) is 15.5. The molecule has 3 unspecified atom stereocenters. The van der Waals surface area contributed by atoms with Crippen LogP contribution in [-0.2, 0) is 19.1 Å². The number of allylic oxidation sites excluding steroid dienone is 1. The number of carbonyl (C=O) groups is 3. The lowest BCUT2D eigenvalue weighted by Gasteiger charge is -2.42. The molecule has 1 aromatic rings. The highest BCUT2D eigenvalue weighted by atomic mass is 35.5. The van der Waals surface area contributed by atoms with E-state index in [2.05, 4.69) is 20.1 Å². The van der Waals surface area contributed by atoms with E-state index in [9.17, 15) is 19.5 Å². The molecule has 9 heteroatoms. The van der Waals surface area contributed by atoms with Gasteiger partial charge in [-0.25, -0.2) is 0 Å². The lowest BCUT2D eigenvalue weighted by molar-refractivity contribution is -0.155. The summed E-state index contributed by atoms with van der Waals surface area (Å²) in [4.78, 5) is 45.8. The fourth-order valence-electron chi connectivity index (χ4n) is 7.01. The highest BCUT2D eigenvalue weighted by Crippen LogP contribution is 2.69. The lowest BCUT2D eigenvalue weighted by Crippen LogP contribution is -2.59. The number of nitrogens with zero attached hydrogens (tertiary/aromatic N) is 2. The number of esters is 1. The molecule has 3 heterocycles. The number of carbonyl (C=O) groups excluding carboxylic acids is 3. The number of unbranched alkanes of at least 4 members (excludes halogenated alkanes) is 2. The maximum Gasteiger partial charge on any atom is 0.310 e. The van der Waals surface area contributed by atoms with E-state index in [1.54, 1.807) is 33.7 Å². The second-order valence-corrected chi connectivity index (χ2v) is 13.1. The van der Waals surface area contributed by atoms with Crippen molar-refractivity contribution in [2.45, 2.75) is 75.0 Å². The predicted octanol–water partition coefficient (Wildman–Crippen LogP) is 5.18. The molecule has 7 nitrogen and oxygen atoms in total. The summed E-state index contributed by atoms with van der Waals surface area (Å²) in [6.07, 6.45) is 7.14. The molecule has 3 aliphatic rings. The van der Waals surface area contributed by atoms with Crippen molar-refractivity contribution >= 4 is 46.8 Å². The lowest BCUT2D eigenvalue weighted by atomic mass is 9.66. The number of aliphatic hydroxyl groups excluding tert-OH is 1. The summed E-state index contributed by atoms with van der Waals surface area (Å²) >= 11 is 8.23. The van der Waals surface area contributed by atoms with Crippen LogP contribution in [0.1, 0.15) is 51.5 Å². The van der Waals surface area contributed by atoms with Crippen molar-refractivity contribution in [3.63, 3.8) is 0 Å². The van der Waals surface area contributed by atoms with Gasteiger partial charge in [-0.1, -0.05) is 49.7 Å². The summed E-state index contributed by atoms with van der Waals surface area (Å²) in [5.41, 5.74) is 1.41. The SMILES string of the molecule is C=CCCCCOC(=O)[C@@H]1[C@H]2C(=O)N([C@@H](CC)CO)C(C(=O)N(CC=C)c3c(C)cccc3Cl)C23S[C@@H]1CC3C. The van der Waals surface area contributed by atoms with Crippen molar-refractivity contribution in [1.82, 2.24) is 4.90 Å². The van der Waals surface area contributed by atoms with Gasteiger partial charge >= 0.3 is 5.97 Å². The Balaban J connectivity index is 1.77. The second-order valence-electron chi connectivity index (χ2n) is 11.1. The number of aliphatic hydroxyl groups is 1. The molecule has 3 saturated heterocycles. The van der Waals surface area contributed by atoms with Crippen molar-refractivity contribution in [3.8, 4) is 0 Å². The molecule has 1 N–H and O–H groups in total. The topological polar surface area (TPSA) is 87.1 Å².